The van der Waals surface area contributed by atoms with Gasteiger partial charge in [0.25, 0.3) is 0 Å². The van der Waals surface area contributed by atoms with E-state index in [1.807, 2.05) is 27.7 Å². The number of hydrogen-bond acceptors (Lipinski definition) is 2. The molecule has 0 bridgehead atoms. The van der Waals surface area contributed by atoms with Crippen molar-refractivity contribution in [2.75, 3.05) is 6.54 Å². The van der Waals surface area contributed by atoms with Gasteiger partial charge in [-0.1, -0.05) is 27.7 Å². The Labute approximate surface area is 68.8 Å². The van der Waals surface area contributed by atoms with E-state index in [1.165, 1.54) is 0 Å². The average Bonchev–Trinajstić information content (AvgIpc) is 1.90. The maximum atomic E-state index is 9.94. The fraction of sp³-hybridized carbons (Fsp3) is 0.875. The number of hydrogen-bond donors (Lipinski definition) is 2. The number of carboxylic acids is 1. The molecule has 0 aliphatic carbocycles. The maximum absolute atomic E-state index is 9.94. The van der Waals surface area contributed by atoms with Crippen LogP contribution < -0.4 is 5.32 Å². The van der Waals surface area contributed by atoms with Gasteiger partial charge in [0.05, 0.1) is 6.42 Å². The number of carboxylic acid groups (broad SMARTS) is 1. The lowest BCUT2D eigenvalue weighted by atomic mass is 10.3. The van der Waals surface area contributed by atoms with E-state index in [2.05, 4.69) is 5.32 Å². The minimum absolute atomic E-state index is 0.207. The van der Waals surface area contributed by atoms with E-state index >= 15 is 0 Å². The van der Waals surface area contributed by atoms with Gasteiger partial charge in [-0.2, -0.15) is 0 Å². The van der Waals surface area contributed by atoms with Gasteiger partial charge < -0.3 is 10.4 Å². The summed E-state index contributed by atoms with van der Waals surface area (Å²) in [5, 5.41) is 11.2. The van der Waals surface area contributed by atoms with Crippen molar-refractivity contribution in [1.29, 1.82) is 0 Å². The predicted octanol–water partition coefficient (Wildman–Crippen LogP) is 1.49. The summed E-state index contributed by atoms with van der Waals surface area (Å²) >= 11 is 0. The van der Waals surface area contributed by atoms with Crippen molar-refractivity contribution in [1.82, 2.24) is 5.32 Å². The Morgan fingerprint density at radius 2 is 1.91 bits per heavy atom. The monoisotopic (exact) mass is 161 g/mol. The Morgan fingerprint density at radius 3 is 2.18 bits per heavy atom. The van der Waals surface area contributed by atoms with E-state index in [-0.39, 0.29) is 6.42 Å². The zero-order valence-corrected chi connectivity index (χ0v) is 7.85. The molecule has 0 spiro atoms. The summed E-state index contributed by atoms with van der Waals surface area (Å²) in [5.41, 5.74) is 0. The third-order valence-corrected chi connectivity index (χ3v) is 0.891. The van der Waals surface area contributed by atoms with Crippen LogP contribution in [0.4, 0.5) is 0 Å². The van der Waals surface area contributed by atoms with Crippen molar-refractivity contribution in [2.24, 2.45) is 0 Å². The van der Waals surface area contributed by atoms with Gasteiger partial charge >= 0.3 is 5.97 Å². The van der Waals surface area contributed by atoms with Crippen LogP contribution in [-0.2, 0) is 4.79 Å². The second-order valence-electron chi connectivity index (χ2n) is 2.25. The second-order valence-corrected chi connectivity index (χ2v) is 2.25. The van der Waals surface area contributed by atoms with E-state index in [0.29, 0.717) is 12.6 Å². The predicted molar refractivity (Wildman–Crippen MR) is 46.7 cm³/mol. The highest BCUT2D eigenvalue weighted by molar-refractivity contribution is 5.66. The van der Waals surface area contributed by atoms with Gasteiger partial charge in [-0.05, 0) is 0 Å². The molecule has 0 saturated carbocycles. The van der Waals surface area contributed by atoms with Crippen LogP contribution in [0.2, 0.25) is 0 Å². The highest BCUT2D eigenvalue weighted by atomic mass is 16.4. The number of carbonyl (C=O) groups is 1. The molecule has 0 fully saturated rings. The van der Waals surface area contributed by atoms with E-state index in [4.69, 9.17) is 5.11 Å². The lowest BCUT2D eigenvalue weighted by Gasteiger charge is -2.04. The summed E-state index contributed by atoms with van der Waals surface area (Å²) in [6.45, 7) is 8.54. The lowest BCUT2D eigenvalue weighted by molar-refractivity contribution is -0.136. The first-order chi connectivity index (χ1) is 5.13. The molecular weight excluding hydrogens is 142 g/mol. The van der Waals surface area contributed by atoms with E-state index in [1.54, 1.807) is 0 Å². The second kappa shape index (κ2) is 9.43. The van der Waals surface area contributed by atoms with Crippen LogP contribution >= 0.6 is 0 Å². The van der Waals surface area contributed by atoms with Gasteiger partial charge in [0.15, 0.2) is 0 Å². The fourth-order valence-corrected chi connectivity index (χ4v) is 0.468. The smallest absolute Gasteiger partial charge is 0.304 e. The molecule has 2 N–H and O–H groups in total. The van der Waals surface area contributed by atoms with Crippen molar-refractivity contribution >= 4 is 5.97 Å². The zero-order valence-electron chi connectivity index (χ0n) is 7.85. The molecule has 0 unspecified atom stereocenters. The van der Waals surface area contributed by atoms with Crippen molar-refractivity contribution in [2.45, 2.75) is 40.2 Å². The Hall–Kier alpha value is -0.570. The molecule has 0 aromatic heterocycles. The van der Waals surface area contributed by atoms with Crippen LogP contribution in [0.3, 0.4) is 0 Å². The van der Waals surface area contributed by atoms with E-state index in [9.17, 15) is 4.79 Å². The summed E-state index contributed by atoms with van der Waals surface area (Å²) in [5.74, 6) is -0.747. The Morgan fingerprint density at radius 1 is 1.45 bits per heavy atom. The molecule has 0 amide bonds. The SMILES string of the molecule is CC.CC(C)NCCC(=O)O. The standard InChI is InChI=1S/C6H13NO2.C2H6/c1-5(2)7-4-3-6(8)9;1-2/h5,7H,3-4H2,1-2H3,(H,8,9);1-2H3. The first-order valence-corrected chi connectivity index (χ1v) is 4.08. The number of nitrogens with one attached hydrogen (secondary N) is 1. The van der Waals surface area contributed by atoms with Gasteiger partial charge in [0.1, 0.15) is 0 Å². The average molecular weight is 161 g/mol. The Kier molecular flexibility index (Phi) is 11.2. The third kappa shape index (κ3) is 17.7. The van der Waals surface area contributed by atoms with Crippen molar-refractivity contribution in [3.8, 4) is 0 Å². The molecule has 0 heterocycles. The third-order valence-electron chi connectivity index (χ3n) is 0.891. The van der Waals surface area contributed by atoms with Crippen LogP contribution in [0.5, 0.6) is 0 Å². The molecule has 0 saturated heterocycles. The van der Waals surface area contributed by atoms with E-state index < -0.39 is 5.97 Å². The number of aliphatic carboxylic acids is 1. The topological polar surface area (TPSA) is 49.3 Å². The highest BCUT2D eigenvalue weighted by Crippen LogP contribution is 1.79. The Balaban J connectivity index is 0. The van der Waals surface area contributed by atoms with Crippen LogP contribution in [0, 0.1) is 0 Å². The Bertz CT molecular complexity index is 92.1. The van der Waals surface area contributed by atoms with Gasteiger partial charge in [0, 0.05) is 12.6 Å². The van der Waals surface area contributed by atoms with Gasteiger partial charge in [-0.15, -0.1) is 0 Å². The minimum Gasteiger partial charge on any atom is -0.481 e. The van der Waals surface area contributed by atoms with Gasteiger partial charge in [-0.3, -0.25) is 4.79 Å². The molecule has 3 heteroatoms. The molecule has 3 nitrogen and oxygen atoms in total. The number of rotatable bonds is 4. The van der Waals surface area contributed by atoms with Crippen molar-refractivity contribution < 1.29 is 9.90 Å². The molecule has 0 rings (SSSR count). The highest BCUT2D eigenvalue weighted by Gasteiger charge is 1.95. The van der Waals surface area contributed by atoms with Crippen LogP contribution in [0.25, 0.3) is 0 Å². The summed E-state index contributed by atoms with van der Waals surface area (Å²) in [6, 6.07) is 0.379. The summed E-state index contributed by atoms with van der Waals surface area (Å²) < 4.78 is 0. The largest absolute Gasteiger partial charge is 0.481 e. The molecule has 0 aliphatic rings. The molecule has 0 atom stereocenters. The van der Waals surface area contributed by atoms with Crippen LogP contribution in [0.15, 0.2) is 0 Å². The zero-order chi connectivity index (χ0) is 9.28. The molecule has 0 radical (unpaired) electrons. The first-order valence-electron chi connectivity index (χ1n) is 4.08. The normalized spacial score (nSPS) is 8.82. The summed E-state index contributed by atoms with van der Waals surface area (Å²) in [6.07, 6.45) is 0.207. The summed E-state index contributed by atoms with van der Waals surface area (Å²) in [4.78, 5) is 9.94. The first kappa shape index (κ1) is 13.1. The van der Waals surface area contributed by atoms with Gasteiger partial charge in [-0.25, -0.2) is 0 Å². The van der Waals surface area contributed by atoms with Gasteiger partial charge in [0.2, 0.25) is 0 Å². The molecule has 0 aromatic carbocycles. The van der Waals surface area contributed by atoms with Crippen molar-refractivity contribution in [3.05, 3.63) is 0 Å². The molecule has 0 aromatic rings. The molecular formula is C8H19NO2. The molecule has 68 valence electrons. The van der Waals surface area contributed by atoms with Crippen LogP contribution in [0.1, 0.15) is 34.1 Å². The van der Waals surface area contributed by atoms with Crippen molar-refractivity contribution in [3.63, 3.8) is 0 Å². The lowest BCUT2D eigenvalue weighted by Crippen LogP contribution is -2.25. The van der Waals surface area contributed by atoms with E-state index in [0.717, 1.165) is 0 Å². The van der Waals surface area contributed by atoms with Crippen LogP contribution in [-0.4, -0.2) is 23.7 Å². The minimum atomic E-state index is -0.747. The summed E-state index contributed by atoms with van der Waals surface area (Å²) in [7, 11) is 0. The fourth-order valence-electron chi connectivity index (χ4n) is 0.468. The quantitative estimate of drug-likeness (QED) is 0.656. The molecule has 11 heavy (non-hydrogen) atoms. The maximum Gasteiger partial charge on any atom is 0.304 e. The molecule has 0 aliphatic heterocycles.